The Hall–Kier alpha value is -2.96. The first-order chi connectivity index (χ1) is 22.2. The number of aldehydes is 3. The molecule has 1 aromatic heterocycles. The smallest absolute Gasteiger partial charge is 0.166 e. The molecule has 1 aliphatic heterocycles. The van der Waals surface area contributed by atoms with Gasteiger partial charge in [0.25, 0.3) is 0 Å². The van der Waals surface area contributed by atoms with Gasteiger partial charge in [0.2, 0.25) is 0 Å². The number of ether oxygens (including phenoxy) is 1. The molecule has 1 saturated heterocycles. The van der Waals surface area contributed by atoms with E-state index < -0.39 is 6.67 Å². The van der Waals surface area contributed by atoms with Crippen molar-refractivity contribution in [3.63, 3.8) is 0 Å². The summed E-state index contributed by atoms with van der Waals surface area (Å²) in [4.78, 5) is 36.9. The maximum absolute atomic E-state index is 11.9. The molecule has 0 bridgehead atoms. The van der Waals surface area contributed by atoms with Crippen LogP contribution in [-0.2, 0) is 47.0 Å². The van der Waals surface area contributed by atoms with Gasteiger partial charge in [-0.1, -0.05) is 43.7 Å². The maximum Gasteiger partial charge on any atom is 0.166 e. The zero-order chi connectivity index (χ0) is 34.3. The van der Waals surface area contributed by atoms with Crippen LogP contribution in [0.2, 0.25) is 0 Å². The van der Waals surface area contributed by atoms with E-state index in [1.165, 1.54) is 12.7 Å². The molecule has 1 radical (unpaired) electrons. The molecule has 1 aliphatic rings. The minimum atomic E-state index is -0.460. The summed E-state index contributed by atoms with van der Waals surface area (Å²) in [6.45, 7) is 2.60. The number of hydrogen-bond donors (Lipinski definition) is 5. The molecule has 257 valence electrons. The third-order valence-corrected chi connectivity index (χ3v) is 7.64. The number of nitrogens with one attached hydrogen (secondary N) is 2. The normalized spacial score (nSPS) is 16.9. The summed E-state index contributed by atoms with van der Waals surface area (Å²) in [6.07, 6.45) is 7.79. The summed E-state index contributed by atoms with van der Waals surface area (Å²) < 4.78 is 16.3. The van der Waals surface area contributed by atoms with Crippen molar-refractivity contribution >= 4 is 35.4 Å². The van der Waals surface area contributed by atoms with Crippen LogP contribution in [0.3, 0.4) is 0 Å². The molecule has 4 atom stereocenters. The summed E-state index contributed by atoms with van der Waals surface area (Å²) in [5.74, 6) is 0.359. The van der Waals surface area contributed by atoms with Crippen LogP contribution in [0.4, 0.5) is 10.1 Å². The van der Waals surface area contributed by atoms with E-state index in [0.717, 1.165) is 67.7 Å². The molecule has 0 saturated carbocycles. The second-order valence-electron chi connectivity index (χ2n) is 11.0. The Morgan fingerprint density at radius 1 is 1.17 bits per heavy atom. The van der Waals surface area contributed by atoms with E-state index in [-0.39, 0.29) is 63.1 Å². The fourth-order valence-electron chi connectivity index (χ4n) is 4.88. The van der Waals surface area contributed by atoms with Crippen molar-refractivity contribution in [2.75, 3.05) is 46.3 Å². The van der Waals surface area contributed by atoms with Gasteiger partial charge in [0.1, 0.15) is 32.1 Å². The second-order valence-corrected chi connectivity index (χ2v) is 11.0. The van der Waals surface area contributed by atoms with Gasteiger partial charge in [0.05, 0.1) is 11.7 Å². The Labute approximate surface area is 303 Å². The molecule has 3 unspecified atom stereocenters. The van der Waals surface area contributed by atoms with E-state index >= 15 is 0 Å². The topological polar surface area (TPSA) is 158 Å². The van der Waals surface area contributed by atoms with Crippen molar-refractivity contribution < 1.29 is 66.4 Å². The summed E-state index contributed by atoms with van der Waals surface area (Å²) in [7, 11) is 5.32. The van der Waals surface area contributed by atoms with E-state index in [1.54, 1.807) is 0 Å². The summed E-state index contributed by atoms with van der Waals surface area (Å²) >= 11 is 0. The minimum absolute atomic E-state index is 0. The SMILES string of the molecule is CCC(C=O)CCCC(N)CF.CN1CC[C@H](c2ccccc2)C1C=O.CNc1ccc2[nH]c(C=O)cc2c1.COC/C(O)=C/O.[Y]. The first-order valence-electron chi connectivity index (χ1n) is 15.5. The number of carbonyl (C=O) groups excluding carboxylic acids is 3. The van der Waals surface area contributed by atoms with Crippen LogP contribution in [0.25, 0.3) is 10.9 Å². The van der Waals surface area contributed by atoms with Gasteiger partial charge in [-0.15, -0.1) is 0 Å². The number of alkyl halides is 1. The molecule has 0 spiro atoms. The number of fused-ring (bicyclic) bond motifs is 1. The standard InChI is InChI=1S/C12H15NO.C10H10N2O.C9H18FNO.C4H8O3.Y/c1-13-8-7-11(12(13)9-14)10-5-3-2-4-6-10;1-11-8-2-3-10-7(4-8)5-9(6-13)12-10;1-2-8(7-12)4-3-5-9(11)6-10;1-7-3-4(6)2-5;/h2-6,9,11-12H,7-8H2,1H3;2-6,11-12H,1H3;7-9H,2-6,11H2,1H3;2,5-6H,3H2,1H3;/b;;;4-2-;/t11-,12?;;;;/m1..../s1. The number of halogens is 1. The Bertz CT molecular complexity index is 1310. The van der Waals surface area contributed by atoms with Gasteiger partial charge in [-0.2, -0.15) is 0 Å². The Morgan fingerprint density at radius 2 is 1.87 bits per heavy atom. The number of methoxy groups -OCH3 is 1. The molecular weight excluding hydrogens is 680 g/mol. The quantitative estimate of drug-likeness (QED) is 0.106. The van der Waals surface area contributed by atoms with Crippen molar-refractivity contribution in [2.45, 2.75) is 57.0 Å². The first-order valence-corrected chi connectivity index (χ1v) is 15.5. The predicted octanol–water partition coefficient (Wildman–Crippen LogP) is 5.96. The van der Waals surface area contributed by atoms with Crippen molar-refractivity contribution in [3.05, 3.63) is 77.9 Å². The van der Waals surface area contributed by atoms with Crippen molar-refractivity contribution in [3.8, 4) is 0 Å². The maximum atomic E-state index is 11.9. The monoisotopic (exact) mass is 731 g/mol. The Balaban J connectivity index is 0.000000612. The van der Waals surface area contributed by atoms with Crippen LogP contribution in [0.15, 0.2) is 66.6 Å². The van der Waals surface area contributed by atoms with E-state index in [1.807, 2.05) is 63.5 Å². The fraction of sp³-hybridized carbons (Fsp3) is 0.457. The summed E-state index contributed by atoms with van der Waals surface area (Å²) in [5.41, 5.74) is 9.31. The molecule has 47 heavy (non-hydrogen) atoms. The number of H-pyrrole nitrogens is 1. The summed E-state index contributed by atoms with van der Waals surface area (Å²) in [5, 5.41) is 20.4. The number of carbonyl (C=O) groups is 3. The zero-order valence-corrected chi connectivity index (χ0v) is 30.8. The molecule has 2 aromatic carbocycles. The number of hydrogen-bond acceptors (Lipinski definition) is 9. The van der Waals surface area contributed by atoms with Crippen LogP contribution >= 0.6 is 0 Å². The zero-order valence-electron chi connectivity index (χ0n) is 28.0. The van der Waals surface area contributed by atoms with E-state index in [9.17, 15) is 18.8 Å². The average Bonchev–Trinajstić information content (AvgIpc) is 3.70. The van der Waals surface area contributed by atoms with Gasteiger partial charge in [-0.25, -0.2) is 4.39 Å². The number of aliphatic hydroxyl groups excluding tert-OH is 2. The van der Waals surface area contributed by atoms with Crippen LogP contribution < -0.4 is 11.1 Å². The van der Waals surface area contributed by atoms with Crippen LogP contribution in [-0.4, -0.2) is 92.1 Å². The third kappa shape index (κ3) is 16.6. The number of likely N-dealkylation sites (N-methyl/N-ethyl adjacent to an activating group) is 1. The molecular formula is C35H51FN4O6Y. The van der Waals surface area contributed by atoms with Gasteiger partial charge >= 0.3 is 0 Å². The number of rotatable bonds is 13. The number of aromatic amines is 1. The first kappa shape index (κ1) is 44.0. The fourth-order valence-corrected chi connectivity index (χ4v) is 4.88. The summed E-state index contributed by atoms with van der Waals surface area (Å²) in [6, 6.07) is 17.8. The molecule has 2 heterocycles. The number of anilines is 1. The number of likely N-dealkylation sites (tertiary alicyclic amines) is 1. The van der Waals surface area contributed by atoms with Crippen LogP contribution in [0, 0.1) is 5.92 Å². The largest absolute Gasteiger partial charge is 0.512 e. The van der Waals surface area contributed by atoms with Crippen LogP contribution in [0.5, 0.6) is 0 Å². The van der Waals surface area contributed by atoms with Crippen molar-refractivity contribution in [1.82, 2.24) is 9.88 Å². The minimum Gasteiger partial charge on any atom is -0.512 e. The van der Waals surface area contributed by atoms with Gasteiger partial charge in [-0.05, 0) is 69.1 Å². The molecule has 4 rings (SSSR count). The molecule has 6 N–H and O–H groups in total. The van der Waals surface area contributed by atoms with Gasteiger partial charge in [0, 0.05) is 81.3 Å². The molecule has 12 heteroatoms. The molecule has 0 amide bonds. The predicted molar refractivity (Wildman–Crippen MR) is 182 cm³/mol. The molecule has 0 aliphatic carbocycles. The number of aliphatic hydroxyl groups is 2. The number of nitrogens with two attached hydrogens (primary N) is 1. The third-order valence-electron chi connectivity index (χ3n) is 7.64. The van der Waals surface area contributed by atoms with Crippen LogP contribution in [0.1, 0.15) is 61.0 Å². The van der Waals surface area contributed by atoms with Gasteiger partial charge in [0.15, 0.2) is 12.0 Å². The average molecular weight is 732 g/mol. The molecule has 10 nitrogen and oxygen atoms in total. The second kappa shape index (κ2) is 26.1. The van der Waals surface area contributed by atoms with Gasteiger partial charge in [-0.3, -0.25) is 9.69 Å². The Kier molecular flexibility index (Phi) is 24.4. The van der Waals surface area contributed by atoms with Crippen molar-refractivity contribution in [1.29, 1.82) is 0 Å². The van der Waals surface area contributed by atoms with Crippen molar-refractivity contribution in [2.24, 2.45) is 11.7 Å². The van der Waals surface area contributed by atoms with Gasteiger partial charge < -0.3 is 40.6 Å². The number of benzene rings is 2. The van der Waals surface area contributed by atoms with E-state index in [2.05, 4.69) is 32.1 Å². The Morgan fingerprint density at radius 3 is 2.38 bits per heavy atom. The number of aromatic nitrogens is 1. The van der Waals surface area contributed by atoms with E-state index in [4.69, 9.17) is 15.9 Å². The molecule has 1 fully saturated rings. The number of nitrogens with zero attached hydrogens (tertiary/aromatic N) is 1. The van der Waals surface area contributed by atoms with E-state index in [0.29, 0.717) is 24.3 Å². The molecule has 3 aromatic rings.